The van der Waals surface area contributed by atoms with Gasteiger partial charge < -0.3 is 15.5 Å². The smallest absolute Gasteiger partial charge is 0.132 e. The van der Waals surface area contributed by atoms with Crippen LogP contribution in [-0.4, -0.2) is 54.1 Å². The molecule has 2 N–H and O–H groups in total. The SMILES string of the molecule is Cc1cc(N2CCCN(CCN)CC2)ncn1. The Hall–Kier alpha value is -1.20. The quantitative estimate of drug-likeness (QED) is 0.814. The second kappa shape index (κ2) is 5.93. The molecule has 0 bridgehead atoms. The first kappa shape index (κ1) is 12.3. The summed E-state index contributed by atoms with van der Waals surface area (Å²) in [4.78, 5) is 13.2. The molecule has 1 aromatic heterocycles. The zero-order valence-electron chi connectivity index (χ0n) is 10.5. The second-order valence-electron chi connectivity index (χ2n) is 4.49. The topological polar surface area (TPSA) is 58.3 Å². The van der Waals surface area contributed by atoms with Crippen molar-refractivity contribution in [1.29, 1.82) is 0 Å². The van der Waals surface area contributed by atoms with Crippen LogP contribution in [-0.2, 0) is 0 Å². The summed E-state index contributed by atoms with van der Waals surface area (Å²) in [6.07, 6.45) is 2.82. The third-order valence-electron chi connectivity index (χ3n) is 3.15. The first-order chi connectivity index (χ1) is 8.29. The number of rotatable bonds is 3. The standard InChI is InChI=1S/C12H21N5/c1-11-9-12(15-10-14-11)17-5-2-4-16(6-3-13)7-8-17/h9-10H,2-8,13H2,1H3. The van der Waals surface area contributed by atoms with Crippen LogP contribution in [0.15, 0.2) is 12.4 Å². The fourth-order valence-corrected chi connectivity index (χ4v) is 2.22. The Balaban J connectivity index is 1.99. The van der Waals surface area contributed by atoms with Crippen LogP contribution in [0.25, 0.3) is 0 Å². The van der Waals surface area contributed by atoms with Crippen molar-refractivity contribution in [3.05, 3.63) is 18.1 Å². The number of anilines is 1. The summed E-state index contributed by atoms with van der Waals surface area (Å²) < 4.78 is 0. The van der Waals surface area contributed by atoms with E-state index in [1.165, 1.54) is 6.42 Å². The van der Waals surface area contributed by atoms with Gasteiger partial charge in [0.25, 0.3) is 0 Å². The maximum absolute atomic E-state index is 5.60. The van der Waals surface area contributed by atoms with Crippen molar-refractivity contribution in [3.8, 4) is 0 Å². The average Bonchev–Trinajstić information content (AvgIpc) is 2.55. The molecular weight excluding hydrogens is 214 g/mol. The molecule has 17 heavy (non-hydrogen) atoms. The first-order valence-electron chi connectivity index (χ1n) is 6.25. The lowest BCUT2D eigenvalue weighted by Crippen LogP contribution is -2.34. The van der Waals surface area contributed by atoms with E-state index in [1.807, 2.05) is 6.92 Å². The van der Waals surface area contributed by atoms with E-state index >= 15 is 0 Å². The van der Waals surface area contributed by atoms with Crippen molar-refractivity contribution in [3.63, 3.8) is 0 Å². The molecule has 5 heteroatoms. The largest absolute Gasteiger partial charge is 0.355 e. The zero-order chi connectivity index (χ0) is 12.1. The van der Waals surface area contributed by atoms with Crippen molar-refractivity contribution in [2.24, 2.45) is 5.73 Å². The minimum absolute atomic E-state index is 0.743. The molecule has 1 saturated heterocycles. The van der Waals surface area contributed by atoms with Crippen LogP contribution in [0.1, 0.15) is 12.1 Å². The highest BCUT2D eigenvalue weighted by Crippen LogP contribution is 2.13. The summed E-state index contributed by atoms with van der Waals surface area (Å²) in [6, 6.07) is 2.05. The number of nitrogens with zero attached hydrogens (tertiary/aromatic N) is 4. The first-order valence-corrected chi connectivity index (χ1v) is 6.25. The van der Waals surface area contributed by atoms with Crippen molar-refractivity contribution < 1.29 is 0 Å². The number of aryl methyl sites for hydroxylation is 1. The predicted molar refractivity (Wildman–Crippen MR) is 69.1 cm³/mol. The monoisotopic (exact) mass is 235 g/mol. The highest BCUT2D eigenvalue weighted by atomic mass is 15.2. The average molecular weight is 235 g/mol. The van der Waals surface area contributed by atoms with Gasteiger partial charge in [-0.05, 0) is 19.9 Å². The zero-order valence-corrected chi connectivity index (χ0v) is 10.5. The van der Waals surface area contributed by atoms with Gasteiger partial charge in [-0.3, -0.25) is 0 Å². The van der Waals surface area contributed by atoms with Gasteiger partial charge in [0.05, 0.1) is 0 Å². The van der Waals surface area contributed by atoms with Gasteiger partial charge in [-0.25, -0.2) is 9.97 Å². The minimum Gasteiger partial charge on any atom is -0.355 e. The van der Waals surface area contributed by atoms with E-state index in [9.17, 15) is 0 Å². The van der Waals surface area contributed by atoms with Crippen LogP contribution in [0.5, 0.6) is 0 Å². The molecule has 0 spiro atoms. The molecule has 0 amide bonds. The Morgan fingerprint density at radius 1 is 1.24 bits per heavy atom. The Morgan fingerprint density at radius 2 is 2.12 bits per heavy atom. The van der Waals surface area contributed by atoms with Crippen LogP contribution in [0.3, 0.4) is 0 Å². The number of aromatic nitrogens is 2. The van der Waals surface area contributed by atoms with Gasteiger partial charge in [0.15, 0.2) is 0 Å². The van der Waals surface area contributed by atoms with Crippen LogP contribution < -0.4 is 10.6 Å². The van der Waals surface area contributed by atoms with Gasteiger partial charge in [-0.2, -0.15) is 0 Å². The molecule has 2 rings (SSSR count). The molecule has 1 fully saturated rings. The molecule has 2 heterocycles. The molecule has 0 aromatic carbocycles. The molecule has 1 aliphatic rings. The highest BCUT2D eigenvalue weighted by molar-refractivity contribution is 5.38. The molecule has 1 aromatic rings. The molecule has 0 unspecified atom stereocenters. The Bertz CT molecular complexity index is 355. The summed E-state index contributed by atoms with van der Waals surface area (Å²) >= 11 is 0. The van der Waals surface area contributed by atoms with Crippen LogP contribution in [0.4, 0.5) is 5.82 Å². The van der Waals surface area contributed by atoms with E-state index in [-0.39, 0.29) is 0 Å². The minimum atomic E-state index is 0.743. The molecule has 0 atom stereocenters. The summed E-state index contributed by atoms with van der Waals surface area (Å²) in [5.74, 6) is 1.05. The fourth-order valence-electron chi connectivity index (χ4n) is 2.22. The van der Waals surface area contributed by atoms with Gasteiger partial charge in [-0.15, -0.1) is 0 Å². The second-order valence-corrected chi connectivity index (χ2v) is 4.49. The lowest BCUT2D eigenvalue weighted by atomic mass is 10.3. The Kier molecular flexibility index (Phi) is 4.28. The third kappa shape index (κ3) is 3.38. The van der Waals surface area contributed by atoms with Gasteiger partial charge in [0.2, 0.25) is 0 Å². The summed E-state index contributed by atoms with van der Waals surface area (Å²) in [6.45, 7) is 8.04. The van der Waals surface area contributed by atoms with Crippen LogP contribution in [0.2, 0.25) is 0 Å². The van der Waals surface area contributed by atoms with E-state index in [1.54, 1.807) is 6.33 Å². The van der Waals surface area contributed by atoms with E-state index < -0.39 is 0 Å². The molecule has 0 radical (unpaired) electrons. The maximum atomic E-state index is 5.60. The maximum Gasteiger partial charge on any atom is 0.132 e. The third-order valence-corrected chi connectivity index (χ3v) is 3.15. The molecule has 0 aliphatic carbocycles. The van der Waals surface area contributed by atoms with E-state index in [0.29, 0.717) is 0 Å². The summed E-state index contributed by atoms with van der Waals surface area (Å²) in [7, 11) is 0. The van der Waals surface area contributed by atoms with E-state index in [4.69, 9.17) is 5.73 Å². The summed E-state index contributed by atoms with van der Waals surface area (Å²) in [5, 5.41) is 0. The van der Waals surface area contributed by atoms with E-state index in [0.717, 1.165) is 50.8 Å². The number of hydrogen-bond donors (Lipinski definition) is 1. The highest BCUT2D eigenvalue weighted by Gasteiger charge is 2.15. The lowest BCUT2D eigenvalue weighted by molar-refractivity contribution is 0.302. The van der Waals surface area contributed by atoms with E-state index in [2.05, 4.69) is 25.8 Å². The number of hydrogen-bond acceptors (Lipinski definition) is 5. The fraction of sp³-hybridized carbons (Fsp3) is 0.667. The molecular formula is C12H21N5. The predicted octanol–water partition coefficient (Wildman–Crippen LogP) is 0.256. The molecule has 5 nitrogen and oxygen atoms in total. The van der Waals surface area contributed by atoms with Gasteiger partial charge in [0.1, 0.15) is 12.1 Å². The number of nitrogens with two attached hydrogens (primary N) is 1. The van der Waals surface area contributed by atoms with Crippen molar-refractivity contribution >= 4 is 5.82 Å². The summed E-state index contributed by atoms with van der Waals surface area (Å²) in [5.41, 5.74) is 6.63. The molecule has 94 valence electrons. The van der Waals surface area contributed by atoms with Crippen LogP contribution in [0, 0.1) is 6.92 Å². The van der Waals surface area contributed by atoms with Crippen molar-refractivity contribution in [2.45, 2.75) is 13.3 Å². The van der Waals surface area contributed by atoms with Gasteiger partial charge in [0, 0.05) is 44.5 Å². The Morgan fingerprint density at radius 3 is 2.88 bits per heavy atom. The molecule has 0 saturated carbocycles. The van der Waals surface area contributed by atoms with Crippen molar-refractivity contribution in [1.82, 2.24) is 14.9 Å². The lowest BCUT2D eigenvalue weighted by Gasteiger charge is -2.22. The van der Waals surface area contributed by atoms with Gasteiger partial charge in [-0.1, -0.05) is 0 Å². The Labute approximate surface area is 103 Å². The molecule has 1 aliphatic heterocycles. The van der Waals surface area contributed by atoms with Crippen LogP contribution >= 0.6 is 0 Å². The normalized spacial score (nSPS) is 18.1. The van der Waals surface area contributed by atoms with Gasteiger partial charge >= 0.3 is 0 Å². The van der Waals surface area contributed by atoms with Crippen molar-refractivity contribution in [2.75, 3.05) is 44.2 Å².